The second-order valence-electron chi connectivity index (χ2n) is 8.00. The molecule has 2 aliphatic heterocycles. The average molecular weight is 525 g/mol. The van der Waals surface area contributed by atoms with Crippen LogP contribution in [-0.2, 0) is 20.5 Å². The third-order valence-corrected chi connectivity index (χ3v) is 8.90. The first-order chi connectivity index (χ1) is 15.4. The van der Waals surface area contributed by atoms with Gasteiger partial charge in [-0.05, 0) is 48.7 Å². The molecule has 5 nitrogen and oxygen atoms in total. The summed E-state index contributed by atoms with van der Waals surface area (Å²) in [6, 6.07) is 6.02. The number of carbonyl (C=O) groups excluding carboxylic acids is 1. The van der Waals surface area contributed by atoms with Gasteiger partial charge >= 0.3 is 6.18 Å². The van der Waals surface area contributed by atoms with Crippen LogP contribution in [0.2, 0.25) is 10.0 Å². The second-order valence-corrected chi connectivity index (χ2v) is 11.7. The van der Waals surface area contributed by atoms with Crippen molar-refractivity contribution in [2.24, 2.45) is 9.52 Å². The van der Waals surface area contributed by atoms with E-state index in [9.17, 15) is 26.9 Å². The van der Waals surface area contributed by atoms with Crippen molar-refractivity contribution in [3.8, 4) is 0 Å². The highest BCUT2D eigenvalue weighted by Gasteiger charge is 2.62. The minimum absolute atomic E-state index is 0.0203. The Morgan fingerprint density at radius 2 is 1.85 bits per heavy atom. The SMILES string of the molecule is Cc1cc(C2=NOC(c3cc(Cl)c(F)c(Cl)c3)(C(F)(F)F)C2)ccc1C(=O)N=[SH]1(O)CCC1. The summed E-state index contributed by atoms with van der Waals surface area (Å²) in [6.07, 6.45) is -4.81. The van der Waals surface area contributed by atoms with Crippen LogP contribution in [0, 0.1) is 12.7 Å². The van der Waals surface area contributed by atoms with Crippen molar-refractivity contribution >= 4 is 44.9 Å². The highest BCUT2D eigenvalue weighted by molar-refractivity contribution is 8.01. The molecule has 0 spiro atoms. The fraction of sp³-hybridized carbons (Fsp3) is 0.333. The molecule has 0 aliphatic carbocycles. The molecular weight excluding hydrogens is 507 g/mol. The van der Waals surface area contributed by atoms with Gasteiger partial charge in [-0.25, -0.2) is 4.39 Å². The van der Waals surface area contributed by atoms with Crippen LogP contribution in [0.4, 0.5) is 17.6 Å². The number of amides is 1. The maximum atomic E-state index is 14.1. The quantitative estimate of drug-likeness (QED) is 0.289. The van der Waals surface area contributed by atoms with Crippen molar-refractivity contribution < 1.29 is 31.7 Å². The molecule has 1 N–H and O–H groups in total. The van der Waals surface area contributed by atoms with E-state index in [-0.39, 0.29) is 11.3 Å². The molecule has 4 rings (SSSR count). The lowest BCUT2D eigenvalue weighted by Crippen LogP contribution is -2.42. The largest absolute Gasteiger partial charge is 0.435 e. The number of hydrogen-bond donors (Lipinski definition) is 2. The van der Waals surface area contributed by atoms with Crippen molar-refractivity contribution in [2.75, 3.05) is 11.5 Å². The van der Waals surface area contributed by atoms with Gasteiger partial charge in [-0.15, -0.1) is 10.1 Å². The van der Waals surface area contributed by atoms with Gasteiger partial charge < -0.3 is 9.39 Å². The Balaban J connectivity index is 1.66. The maximum absolute atomic E-state index is 14.1. The monoisotopic (exact) mass is 524 g/mol. The minimum Gasteiger partial charge on any atom is -0.374 e. The number of alkyl halides is 3. The van der Waals surface area contributed by atoms with Crippen LogP contribution in [0.3, 0.4) is 0 Å². The molecule has 1 saturated heterocycles. The van der Waals surface area contributed by atoms with Gasteiger partial charge in [0.15, 0.2) is 5.82 Å². The average Bonchev–Trinajstić information content (AvgIpc) is 3.17. The Labute approximate surface area is 197 Å². The predicted octanol–water partition coefficient (Wildman–Crippen LogP) is 6.11. The molecule has 1 atom stereocenters. The van der Waals surface area contributed by atoms with Crippen LogP contribution in [0.1, 0.15) is 39.9 Å². The van der Waals surface area contributed by atoms with Crippen LogP contribution in [0.5, 0.6) is 0 Å². The van der Waals surface area contributed by atoms with Gasteiger partial charge in [0.2, 0.25) is 0 Å². The first-order valence-corrected chi connectivity index (χ1v) is 12.6. The van der Waals surface area contributed by atoms with Crippen molar-refractivity contribution in [1.82, 2.24) is 0 Å². The molecule has 12 heteroatoms. The third-order valence-electron chi connectivity index (χ3n) is 5.74. The zero-order valence-electron chi connectivity index (χ0n) is 17.1. The summed E-state index contributed by atoms with van der Waals surface area (Å²) in [5, 5.41) is 2.51. The van der Waals surface area contributed by atoms with E-state index in [0.29, 0.717) is 22.6 Å². The zero-order chi connectivity index (χ0) is 24.2. The standard InChI is InChI=1S/C21H18Cl2F4N2O3S/c1-11-7-12(3-4-14(11)19(30)29-33(31)5-2-6-33)17-10-20(32-28-17,21(25,26)27)13-8-15(22)18(24)16(23)9-13/h3-4,7-9,33H,2,5-6,10H2,1H3,(H,29,30,31). The summed E-state index contributed by atoms with van der Waals surface area (Å²) < 4.78 is 70.4. The summed E-state index contributed by atoms with van der Waals surface area (Å²) >= 11 is 11.4. The van der Waals surface area contributed by atoms with Crippen molar-refractivity contribution in [3.63, 3.8) is 0 Å². The fourth-order valence-corrected chi connectivity index (χ4v) is 5.71. The summed E-state index contributed by atoms with van der Waals surface area (Å²) in [5.74, 6) is -0.560. The molecular formula is C21H18Cl2F4N2O3S. The third kappa shape index (κ3) is 4.29. The molecule has 2 aromatic rings. The van der Waals surface area contributed by atoms with E-state index in [1.807, 2.05) is 0 Å². The summed E-state index contributed by atoms with van der Waals surface area (Å²) in [5.41, 5.74) is -2.38. The molecule has 0 saturated carbocycles. The summed E-state index contributed by atoms with van der Waals surface area (Å²) in [7, 11) is -2.54. The normalized spacial score (nSPS) is 22.7. The van der Waals surface area contributed by atoms with Crippen LogP contribution in [-0.4, -0.2) is 33.9 Å². The second kappa shape index (κ2) is 8.33. The number of hydrogen-bond acceptors (Lipinski definition) is 3. The van der Waals surface area contributed by atoms with E-state index in [1.54, 1.807) is 6.92 Å². The van der Waals surface area contributed by atoms with Gasteiger partial charge in [0, 0.05) is 29.1 Å². The van der Waals surface area contributed by atoms with Crippen LogP contribution >= 0.6 is 23.2 Å². The molecule has 2 aromatic carbocycles. The number of rotatable bonds is 3. The van der Waals surface area contributed by atoms with E-state index in [0.717, 1.165) is 18.6 Å². The smallest absolute Gasteiger partial charge is 0.374 e. The van der Waals surface area contributed by atoms with E-state index in [4.69, 9.17) is 28.0 Å². The number of benzene rings is 2. The number of halogens is 6. The van der Waals surface area contributed by atoms with E-state index in [1.165, 1.54) is 18.2 Å². The van der Waals surface area contributed by atoms with Gasteiger partial charge in [-0.2, -0.15) is 17.5 Å². The Morgan fingerprint density at radius 1 is 1.21 bits per heavy atom. The predicted molar refractivity (Wildman–Crippen MR) is 120 cm³/mol. The van der Waals surface area contributed by atoms with Gasteiger partial charge in [0.25, 0.3) is 11.5 Å². The lowest BCUT2D eigenvalue weighted by atomic mass is 9.86. The first-order valence-electron chi connectivity index (χ1n) is 9.80. The molecule has 1 unspecified atom stereocenters. The topological polar surface area (TPSA) is 71.2 Å². The van der Waals surface area contributed by atoms with Gasteiger partial charge in [-0.3, -0.25) is 4.79 Å². The van der Waals surface area contributed by atoms with Gasteiger partial charge in [-0.1, -0.05) is 34.4 Å². The van der Waals surface area contributed by atoms with Crippen molar-refractivity contribution in [3.05, 3.63) is 68.4 Å². The summed E-state index contributed by atoms with van der Waals surface area (Å²) in [4.78, 5) is 17.4. The minimum atomic E-state index is -4.92. The van der Waals surface area contributed by atoms with Gasteiger partial charge in [0.1, 0.15) is 0 Å². The molecule has 2 heterocycles. The first kappa shape index (κ1) is 24.1. The Morgan fingerprint density at radius 3 is 2.36 bits per heavy atom. The van der Waals surface area contributed by atoms with Crippen molar-refractivity contribution in [2.45, 2.75) is 31.5 Å². The Bertz CT molecular complexity index is 1220. The molecule has 2 aliphatic rings. The van der Waals surface area contributed by atoms with Crippen LogP contribution in [0.15, 0.2) is 39.9 Å². The number of aryl methyl sites for hydroxylation is 1. The maximum Gasteiger partial charge on any atom is 0.435 e. The lowest BCUT2D eigenvalue weighted by molar-refractivity contribution is -0.275. The van der Waals surface area contributed by atoms with Crippen LogP contribution in [0.25, 0.3) is 0 Å². The number of thiol groups is 1. The van der Waals surface area contributed by atoms with Gasteiger partial charge in [0.05, 0.1) is 15.8 Å². The van der Waals surface area contributed by atoms with E-state index in [2.05, 4.69) is 9.52 Å². The summed E-state index contributed by atoms with van der Waals surface area (Å²) in [6.45, 7) is 1.61. The Hall–Kier alpha value is -2.01. The molecule has 33 heavy (non-hydrogen) atoms. The molecule has 0 bridgehead atoms. The van der Waals surface area contributed by atoms with E-state index < -0.39 is 55.6 Å². The zero-order valence-corrected chi connectivity index (χ0v) is 19.5. The number of nitrogens with zero attached hydrogens (tertiary/aromatic N) is 2. The molecule has 0 radical (unpaired) electrons. The fourth-order valence-electron chi connectivity index (χ4n) is 3.69. The molecule has 1 fully saturated rings. The van der Waals surface area contributed by atoms with E-state index >= 15 is 0 Å². The Kier molecular flexibility index (Phi) is 6.09. The highest BCUT2D eigenvalue weighted by Crippen LogP contribution is 2.50. The van der Waals surface area contributed by atoms with Crippen LogP contribution < -0.4 is 0 Å². The lowest BCUT2D eigenvalue weighted by Gasteiger charge is -2.31. The number of carbonyl (C=O) groups is 1. The molecule has 0 aromatic heterocycles. The highest BCUT2D eigenvalue weighted by atomic mass is 35.5. The molecule has 1 amide bonds. The number of oxime groups is 1. The van der Waals surface area contributed by atoms with Crippen molar-refractivity contribution in [1.29, 1.82) is 0 Å². The molecule has 178 valence electrons.